The number of allylic oxidation sites excluding steroid dienone is 1. The lowest BCUT2D eigenvalue weighted by Gasteiger charge is -2.25. The van der Waals surface area contributed by atoms with Crippen molar-refractivity contribution in [3.63, 3.8) is 0 Å². The maximum atomic E-state index is 5.79. The van der Waals surface area contributed by atoms with Crippen molar-refractivity contribution in [1.82, 2.24) is 5.32 Å². The first-order chi connectivity index (χ1) is 8.42. The van der Waals surface area contributed by atoms with Gasteiger partial charge < -0.3 is 10.1 Å². The van der Waals surface area contributed by atoms with E-state index in [0.29, 0.717) is 0 Å². The number of ether oxygens (including phenoxy) is 1. The van der Waals surface area contributed by atoms with Crippen molar-refractivity contribution in [1.29, 1.82) is 0 Å². The SMILES string of the molecule is CCCNC(C1=CCCCO1)c1ccccc1. The van der Waals surface area contributed by atoms with E-state index in [-0.39, 0.29) is 6.04 Å². The van der Waals surface area contributed by atoms with E-state index in [0.717, 1.165) is 38.2 Å². The predicted octanol–water partition coefficient (Wildman–Crippen LogP) is 3.42. The molecule has 0 amide bonds. The van der Waals surface area contributed by atoms with Gasteiger partial charge >= 0.3 is 0 Å². The van der Waals surface area contributed by atoms with Gasteiger partial charge in [0.1, 0.15) is 5.76 Å². The molecule has 92 valence electrons. The lowest BCUT2D eigenvalue weighted by atomic mass is 10.0. The van der Waals surface area contributed by atoms with E-state index in [2.05, 4.69) is 48.6 Å². The number of hydrogen-bond acceptors (Lipinski definition) is 2. The van der Waals surface area contributed by atoms with Gasteiger partial charge in [0.15, 0.2) is 0 Å². The van der Waals surface area contributed by atoms with Gasteiger partial charge in [-0.2, -0.15) is 0 Å². The Morgan fingerprint density at radius 3 is 2.76 bits per heavy atom. The summed E-state index contributed by atoms with van der Waals surface area (Å²) in [4.78, 5) is 0. The van der Waals surface area contributed by atoms with E-state index in [4.69, 9.17) is 4.74 Å². The fourth-order valence-corrected chi connectivity index (χ4v) is 2.09. The van der Waals surface area contributed by atoms with Crippen molar-refractivity contribution in [3.05, 3.63) is 47.7 Å². The topological polar surface area (TPSA) is 21.3 Å². The summed E-state index contributed by atoms with van der Waals surface area (Å²) in [7, 11) is 0. The van der Waals surface area contributed by atoms with Crippen LogP contribution in [0.25, 0.3) is 0 Å². The van der Waals surface area contributed by atoms with E-state index in [9.17, 15) is 0 Å². The Kier molecular flexibility index (Phi) is 4.63. The fourth-order valence-electron chi connectivity index (χ4n) is 2.09. The summed E-state index contributed by atoms with van der Waals surface area (Å²) < 4.78 is 5.79. The Hall–Kier alpha value is -1.28. The van der Waals surface area contributed by atoms with Gasteiger partial charge in [0.05, 0.1) is 12.6 Å². The molecular weight excluding hydrogens is 210 g/mol. The zero-order valence-corrected chi connectivity index (χ0v) is 10.5. The van der Waals surface area contributed by atoms with Gasteiger partial charge in [0, 0.05) is 0 Å². The molecule has 1 aromatic carbocycles. The smallest absolute Gasteiger partial charge is 0.113 e. The highest BCUT2D eigenvalue weighted by Gasteiger charge is 2.18. The van der Waals surface area contributed by atoms with Crippen molar-refractivity contribution in [3.8, 4) is 0 Å². The average molecular weight is 231 g/mol. The quantitative estimate of drug-likeness (QED) is 0.838. The molecule has 0 aliphatic carbocycles. The van der Waals surface area contributed by atoms with Crippen LogP contribution in [0.5, 0.6) is 0 Å². The van der Waals surface area contributed by atoms with Crippen molar-refractivity contribution in [2.24, 2.45) is 0 Å². The molecule has 1 unspecified atom stereocenters. The summed E-state index contributed by atoms with van der Waals surface area (Å²) in [6.07, 6.45) is 5.63. The molecule has 0 bridgehead atoms. The predicted molar refractivity (Wildman–Crippen MR) is 70.7 cm³/mol. The Balaban J connectivity index is 2.15. The lowest BCUT2D eigenvalue weighted by molar-refractivity contribution is 0.167. The fraction of sp³-hybridized carbons (Fsp3) is 0.467. The van der Waals surface area contributed by atoms with Gasteiger partial charge in [-0.3, -0.25) is 0 Å². The second-order valence-electron chi connectivity index (χ2n) is 4.40. The third kappa shape index (κ3) is 3.34. The van der Waals surface area contributed by atoms with Gasteiger partial charge in [-0.15, -0.1) is 0 Å². The van der Waals surface area contributed by atoms with Crippen LogP contribution in [0.15, 0.2) is 42.2 Å². The van der Waals surface area contributed by atoms with Crippen LogP contribution in [0.1, 0.15) is 37.8 Å². The summed E-state index contributed by atoms with van der Waals surface area (Å²) >= 11 is 0. The van der Waals surface area contributed by atoms with Crippen LogP contribution in [-0.2, 0) is 4.74 Å². The maximum Gasteiger partial charge on any atom is 0.113 e. The van der Waals surface area contributed by atoms with E-state index in [1.165, 1.54) is 5.56 Å². The van der Waals surface area contributed by atoms with Crippen LogP contribution < -0.4 is 5.32 Å². The molecule has 0 aromatic heterocycles. The molecule has 1 N–H and O–H groups in total. The third-order valence-electron chi connectivity index (χ3n) is 2.98. The Morgan fingerprint density at radius 2 is 2.12 bits per heavy atom. The summed E-state index contributed by atoms with van der Waals surface area (Å²) in [5, 5.41) is 3.56. The second-order valence-corrected chi connectivity index (χ2v) is 4.40. The first kappa shape index (κ1) is 12.2. The summed E-state index contributed by atoms with van der Waals surface area (Å²) in [5.74, 6) is 1.09. The molecule has 0 saturated heterocycles. The molecule has 0 fully saturated rings. The van der Waals surface area contributed by atoms with Crippen molar-refractivity contribution >= 4 is 0 Å². The van der Waals surface area contributed by atoms with Crippen molar-refractivity contribution in [2.75, 3.05) is 13.2 Å². The molecule has 2 nitrogen and oxygen atoms in total. The zero-order valence-electron chi connectivity index (χ0n) is 10.5. The van der Waals surface area contributed by atoms with Crippen molar-refractivity contribution < 1.29 is 4.74 Å². The molecule has 1 aliphatic heterocycles. The minimum Gasteiger partial charge on any atom is -0.496 e. The first-order valence-corrected chi connectivity index (χ1v) is 6.53. The highest BCUT2D eigenvalue weighted by molar-refractivity contribution is 5.26. The lowest BCUT2D eigenvalue weighted by Crippen LogP contribution is -2.26. The number of rotatable bonds is 5. The molecule has 1 heterocycles. The van der Waals surface area contributed by atoms with Crippen LogP contribution >= 0.6 is 0 Å². The monoisotopic (exact) mass is 231 g/mol. The normalized spacial score (nSPS) is 17.1. The summed E-state index contributed by atoms with van der Waals surface area (Å²) in [6.45, 7) is 4.05. The molecular formula is C15H21NO. The standard InChI is InChI=1S/C15H21NO/c1-2-11-16-15(13-8-4-3-5-9-13)14-10-6-7-12-17-14/h3-5,8-10,15-16H,2,6-7,11-12H2,1H3. The molecule has 17 heavy (non-hydrogen) atoms. The number of benzene rings is 1. The Bertz CT molecular complexity index is 358. The van der Waals surface area contributed by atoms with E-state index in [1.54, 1.807) is 0 Å². The largest absolute Gasteiger partial charge is 0.496 e. The molecule has 1 aliphatic rings. The van der Waals surface area contributed by atoms with Crippen LogP contribution in [0, 0.1) is 0 Å². The highest BCUT2D eigenvalue weighted by atomic mass is 16.5. The molecule has 0 spiro atoms. The molecule has 0 radical (unpaired) electrons. The second kappa shape index (κ2) is 6.45. The van der Waals surface area contributed by atoms with Crippen molar-refractivity contribution in [2.45, 2.75) is 32.2 Å². The van der Waals surface area contributed by atoms with Gasteiger partial charge in [-0.1, -0.05) is 37.3 Å². The summed E-state index contributed by atoms with van der Waals surface area (Å²) in [6, 6.07) is 10.8. The number of hydrogen-bond donors (Lipinski definition) is 1. The number of nitrogens with one attached hydrogen (secondary N) is 1. The van der Waals surface area contributed by atoms with E-state index in [1.807, 2.05) is 0 Å². The Morgan fingerprint density at radius 1 is 1.29 bits per heavy atom. The van der Waals surface area contributed by atoms with Crippen LogP contribution in [-0.4, -0.2) is 13.2 Å². The Labute approximate surface area is 104 Å². The molecule has 1 aromatic rings. The zero-order chi connectivity index (χ0) is 11.9. The minimum absolute atomic E-state index is 0.219. The molecule has 2 heteroatoms. The average Bonchev–Trinajstić information content (AvgIpc) is 2.42. The molecule has 1 atom stereocenters. The van der Waals surface area contributed by atoms with Gasteiger partial charge in [-0.25, -0.2) is 0 Å². The molecule has 2 rings (SSSR count). The maximum absolute atomic E-state index is 5.79. The van der Waals surface area contributed by atoms with Gasteiger partial charge in [-0.05, 0) is 37.4 Å². The summed E-state index contributed by atoms with van der Waals surface area (Å²) in [5.41, 5.74) is 1.29. The van der Waals surface area contributed by atoms with Gasteiger partial charge in [0.2, 0.25) is 0 Å². The van der Waals surface area contributed by atoms with E-state index >= 15 is 0 Å². The third-order valence-corrected chi connectivity index (χ3v) is 2.98. The molecule has 0 saturated carbocycles. The van der Waals surface area contributed by atoms with Crippen LogP contribution in [0.3, 0.4) is 0 Å². The minimum atomic E-state index is 0.219. The van der Waals surface area contributed by atoms with Gasteiger partial charge in [0.25, 0.3) is 0 Å². The first-order valence-electron chi connectivity index (χ1n) is 6.53. The van der Waals surface area contributed by atoms with Crippen LogP contribution in [0.4, 0.5) is 0 Å². The van der Waals surface area contributed by atoms with E-state index < -0.39 is 0 Å². The van der Waals surface area contributed by atoms with Crippen LogP contribution in [0.2, 0.25) is 0 Å². The highest BCUT2D eigenvalue weighted by Crippen LogP contribution is 2.25.